The minimum Gasteiger partial charge on any atom is -0.508 e. The van der Waals surface area contributed by atoms with Crippen LogP contribution in [0.3, 0.4) is 0 Å². The van der Waals surface area contributed by atoms with Gasteiger partial charge in [0.1, 0.15) is 5.75 Å². The van der Waals surface area contributed by atoms with Gasteiger partial charge in [0.2, 0.25) is 11.8 Å². The number of likely N-dealkylation sites (tertiary alicyclic amines) is 2. The van der Waals surface area contributed by atoms with E-state index in [2.05, 4.69) is 4.90 Å². The Bertz CT molecular complexity index is 713. The zero-order valence-corrected chi connectivity index (χ0v) is 16.0. The van der Waals surface area contributed by atoms with E-state index in [9.17, 15) is 14.7 Å². The van der Waals surface area contributed by atoms with Crippen molar-refractivity contribution in [2.24, 2.45) is 5.41 Å². The Morgan fingerprint density at radius 1 is 1.11 bits per heavy atom. The zero-order valence-electron chi connectivity index (χ0n) is 16.0. The predicted molar refractivity (Wildman–Crippen MR) is 103 cm³/mol. The number of benzene rings is 1. The van der Waals surface area contributed by atoms with E-state index in [1.165, 1.54) is 12.8 Å². The molecule has 5 nitrogen and oxygen atoms in total. The maximum atomic E-state index is 12.9. The van der Waals surface area contributed by atoms with Gasteiger partial charge in [-0.1, -0.05) is 31.0 Å². The summed E-state index contributed by atoms with van der Waals surface area (Å²) in [6, 6.07) is 7.49. The Labute approximate surface area is 161 Å². The summed E-state index contributed by atoms with van der Waals surface area (Å²) in [6.45, 7) is 2.35. The van der Waals surface area contributed by atoms with E-state index in [1.54, 1.807) is 12.1 Å². The number of rotatable bonds is 3. The van der Waals surface area contributed by atoms with E-state index in [0.29, 0.717) is 23.9 Å². The second-order valence-corrected chi connectivity index (χ2v) is 8.68. The number of carbonyl (C=O) groups excluding carboxylic acids is 2. The van der Waals surface area contributed by atoms with Crippen molar-refractivity contribution in [2.75, 3.05) is 19.6 Å². The number of amides is 2. The van der Waals surface area contributed by atoms with Gasteiger partial charge >= 0.3 is 0 Å². The van der Waals surface area contributed by atoms with E-state index in [1.807, 2.05) is 17.0 Å². The normalized spacial score (nSPS) is 26.7. The van der Waals surface area contributed by atoms with Crippen LogP contribution in [0.1, 0.15) is 56.9 Å². The number of carbonyl (C=O) groups is 2. The van der Waals surface area contributed by atoms with Crippen molar-refractivity contribution >= 4 is 11.8 Å². The first-order valence-electron chi connectivity index (χ1n) is 10.4. The molecule has 2 amide bonds. The highest BCUT2D eigenvalue weighted by Crippen LogP contribution is 2.41. The lowest BCUT2D eigenvalue weighted by Gasteiger charge is -2.49. The molecule has 146 valence electrons. The Balaban J connectivity index is 1.44. The van der Waals surface area contributed by atoms with Crippen molar-refractivity contribution in [2.45, 2.75) is 63.8 Å². The van der Waals surface area contributed by atoms with E-state index in [0.717, 1.165) is 51.7 Å². The van der Waals surface area contributed by atoms with Gasteiger partial charge in [0.05, 0.1) is 6.42 Å². The standard InChI is InChI=1S/C22H30N2O3/c25-19-9-4-1-6-17(19)14-21(27)23-13-5-11-22(15-23)12-10-20(26)24(16-22)18-7-2-3-8-18/h1,4,6,9,18,25H,2-3,5,7-8,10-16H2. The number of nitrogens with zero attached hydrogens (tertiary/aromatic N) is 2. The first kappa shape index (κ1) is 18.3. The molecule has 1 aliphatic carbocycles. The van der Waals surface area contributed by atoms with E-state index in [-0.39, 0.29) is 23.5 Å². The number of phenols is 1. The SMILES string of the molecule is O=C(Cc1ccccc1O)N1CCCC2(CCC(=O)N(C3CCCC3)C2)C1. The first-order valence-corrected chi connectivity index (χ1v) is 10.4. The lowest BCUT2D eigenvalue weighted by atomic mass is 9.73. The molecule has 2 aliphatic heterocycles. The molecule has 1 spiro atoms. The summed E-state index contributed by atoms with van der Waals surface area (Å²) in [5.74, 6) is 0.582. The third-order valence-corrected chi connectivity index (χ3v) is 6.81. The van der Waals surface area contributed by atoms with Crippen LogP contribution in [0.15, 0.2) is 24.3 Å². The van der Waals surface area contributed by atoms with Gasteiger partial charge < -0.3 is 14.9 Å². The van der Waals surface area contributed by atoms with Gasteiger partial charge in [0.25, 0.3) is 0 Å². The number of piperidine rings is 2. The van der Waals surface area contributed by atoms with Gasteiger partial charge in [-0.2, -0.15) is 0 Å². The van der Waals surface area contributed by atoms with Crippen LogP contribution in [0.4, 0.5) is 0 Å². The van der Waals surface area contributed by atoms with Crippen molar-refractivity contribution in [3.8, 4) is 5.75 Å². The maximum Gasteiger partial charge on any atom is 0.227 e. The lowest BCUT2D eigenvalue weighted by Crippen LogP contribution is -2.57. The first-order chi connectivity index (χ1) is 13.1. The molecule has 5 heteroatoms. The molecule has 1 saturated carbocycles. The molecular formula is C22H30N2O3. The molecule has 2 saturated heterocycles. The Morgan fingerprint density at radius 3 is 2.67 bits per heavy atom. The van der Waals surface area contributed by atoms with Crippen molar-refractivity contribution in [3.63, 3.8) is 0 Å². The van der Waals surface area contributed by atoms with Crippen LogP contribution in [-0.4, -0.2) is 52.4 Å². The predicted octanol–water partition coefficient (Wildman–Crippen LogP) is 3.11. The molecule has 0 radical (unpaired) electrons. The van der Waals surface area contributed by atoms with Crippen LogP contribution >= 0.6 is 0 Å². The molecule has 1 aromatic rings. The summed E-state index contributed by atoms with van der Waals surface area (Å²) < 4.78 is 0. The molecular weight excluding hydrogens is 340 g/mol. The number of hydrogen-bond donors (Lipinski definition) is 1. The third kappa shape index (κ3) is 3.83. The summed E-state index contributed by atoms with van der Waals surface area (Å²) in [6.07, 6.45) is 8.60. The van der Waals surface area contributed by atoms with Crippen LogP contribution in [0, 0.1) is 5.41 Å². The van der Waals surface area contributed by atoms with Crippen LogP contribution in [0.2, 0.25) is 0 Å². The highest BCUT2D eigenvalue weighted by molar-refractivity contribution is 5.80. The molecule has 1 aromatic carbocycles. The summed E-state index contributed by atoms with van der Waals surface area (Å²) in [5, 5.41) is 9.97. The van der Waals surface area contributed by atoms with Gasteiger partial charge in [0, 0.05) is 43.1 Å². The highest BCUT2D eigenvalue weighted by atomic mass is 16.3. The smallest absolute Gasteiger partial charge is 0.227 e. The second kappa shape index (κ2) is 7.53. The minimum absolute atomic E-state index is 0.0587. The molecule has 3 aliphatic rings. The summed E-state index contributed by atoms with van der Waals surface area (Å²) in [5.41, 5.74) is 0.747. The fraction of sp³-hybridized carbons (Fsp3) is 0.636. The van der Waals surface area contributed by atoms with Gasteiger partial charge in [-0.25, -0.2) is 0 Å². The van der Waals surface area contributed by atoms with Crippen molar-refractivity contribution in [3.05, 3.63) is 29.8 Å². The molecule has 27 heavy (non-hydrogen) atoms. The molecule has 1 unspecified atom stereocenters. The molecule has 0 aromatic heterocycles. The van der Waals surface area contributed by atoms with Gasteiger partial charge in [-0.15, -0.1) is 0 Å². The van der Waals surface area contributed by atoms with E-state index in [4.69, 9.17) is 0 Å². The number of aromatic hydroxyl groups is 1. The van der Waals surface area contributed by atoms with Gasteiger partial charge in [-0.3, -0.25) is 9.59 Å². The Hall–Kier alpha value is -2.04. The van der Waals surface area contributed by atoms with Gasteiger partial charge in [-0.05, 0) is 38.2 Å². The number of hydrogen-bond acceptors (Lipinski definition) is 3. The Morgan fingerprint density at radius 2 is 1.89 bits per heavy atom. The molecule has 1 N–H and O–H groups in total. The quantitative estimate of drug-likeness (QED) is 0.889. The molecule has 0 bridgehead atoms. The van der Waals surface area contributed by atoms with Crippen molar-refractivity contribution in [1.29, 1.82) is 0 Å². The molecule has 4 rings (SSSR count). The molecule has 3 fully saturated rings. The fourth-order valence-electron chi connectivity index (χ4n) is 5.28. The average molecular weight is 370 g/mol. The molecule has 1 atom stereocenters. The molecule has 2 heterocycles. The lowest BCUT2D eigenvalue weighted by molar-refractivity contribution is -0.145. The Kier molecular flexibility index (Phi) is 5.11. The largest absolute Gasteiger partial charge is 0.508 e. The third-order valence-electron chi connectivity index (χ3n) is 6.81. The monoisotopic (exact) mass is 370 g/mol. The summed E-state index contributed by atoms with van der Waals surface area (Å²) in [7, 11) is 0. The zero-order chi connectivity index (χ0) is 18.9. The van der Waals surface area contributed by atoms with Gasteiger partial charge in [0.15, 0.2) is 0 Å². The van der Waals surface area contributed by atoms with Crippen molar-refractivity contribution in [1.82, 2.24) is 9.80 Å². The minimum atomic E-state index is 0.0587. The van der Waals surface area contributed by atoms with Crippen LogP contribution in [0.5, 0.6) is 5.75 Å². The highest BCUT2D eigenvalue weighted by Gasteiger charge is 2.44. The summed E-state index contributed by atoms with van der Waals surface area (Å²) in [4.78, 5) is 29.5. The fourth-order valence-corrected chi connectivity index (χ4v) is 5.28. The average Bonchev–Trinajstić information content (AvgIpc) is 3.20. The van der Waals surface area contributed by atoms with E-state index >= 15 is 0 Å². The van der Waals surface area contributed by atoms with Crippen LogP contribution < -0.4 is 0 Å². The van der Waals surface area contributed by atoms with Crippen LogP contribution in [0.25, 0.3) is 0 Å². The van der Waals surface area contributed by atoms with Crippen molar-refractivity contribution < 1.29 is 14.7 Å². The van der Waals surface area contributed by atoms with E-state index < -0.39 is 0 Å². The summed E-state index contributed by atoms with van der Waals surface area (Å²) >= 11 is 0. The maximum absolute atomic E-state index is 12.9. The topological polar surface area (TPSA) is 60.9 Å². The number of para-hydroxylation sites is 1. The number of phenolic OH excluding ortho intramolecular Hbond substituents is 1. The second-order valence-electron chi connectivity index (χ2n) is 8.68. The van der Waals surface area contributed by atoms with Crippen LogP contribution in [-0.2, 0) is 16.0 Å².